The van der Waals surface area contributed by atoms with Gasteiger partial charge in [0.2, 0.25) is 0 Å². The topological polar surface area (TPSA) is 94.3 Å². The van der Waals surface area contributed by atoms with Crippen molar-refractivity contribution in [3.63, 3.8) is 0 Å². The van der Waals surface area contributed by atoms with Crippen LogP contribution in [0.15, 0.2) is 40.9 Å². The summed E-state index contributed by atoms with van der Waals surface area (Å²) < 4.78 is 23.7. The van der Waals surface area contributed by atoms with Gasteiger partial charge >= 0.3 is 5.97 Å². The van der Waals surface area contributed by atoms with Gasteiger partial charge in [0.15, 0.2) is 11.5 Å². The molecule has 8 nitrogen and oxygen atoms in total. The summed E-state index contributed by atoms with van der Waals surface area (Å²) in [4.78, 5) is 14.6. The van der Waals surface area contributed by atoms with Crippen LogP contribution in [0.3, 0.4) is 0 Å². The van der Waals surface area contributed by atoms with E-state index in [1.165, 1.54) is 0 Å². The Balaban J connectivity index is 1.77. The number of hydrogen-bond donors (Lipinski definition) is 1. The Morgan fingerprint density at radius 1 is 1.00 bits per heavy atom. The van der Waals surface area contributed by atoms with Crippen molar-refractivity contribution in [2.45, 2.75) is 65.8 Å². The first kappa shape index (κ1) is 29.6. The van der Waals surface area contributed by atoms with Crippen LogP contribution in [0.4, 0.5) is 0 Å². The molecule has 1 N–H and O–H groups in total. The molecule has 1 aliphatic heterocycles. The van der Waals surface area contributed by atoms with Crippen molar-refractivity contribution in [2.24, 2.45) is 0 Å². The number of morpholine rings is 1. The molecule has 0 saturated carbocycles. The minimum atomic E-state index is -1.14. The number of rotatable bonds is 14. The van der Waals surface area contributed by atoms with Crippen molar-refractivity contribution in [3.8, 4) is 33.9 Å². The van der Waals surface area contributed by atoms with E-state index in [1.807, 2.05) is 36.4 Å². The molecule has 2 aromatic carbocycles. The van der Waals surface area contributed by atoms with Crippen molar-refractivity contribution in [1.29, 1.82) is 0 Å². The van der Waals surface area contributed by atoms with Crippen LogP contribution in [-0.2, 0) is 11.3 Å². The first-order valence-electron chi connectivity index (χ1n) is 14.5. The van der Waals surface area contributed by atoms with Crippen molar-refractivity contribution >= 4 is 5.97 Å². The molecule has 0 bridgehead atoms. The van der Waals surface area contributed by atoms with Crippen LogP contribution in [0.2, 0.25) is 0 Å². The molecule has 0 atom stereocenters. The van der Waals surface area contributed by atoms with Gasteiger partial charge in [-0.3, -0.25) is 4.90 Å². The SMILES string of the molecule is CCCCOc1cc(OCCCC)c(C(C)C)cc1-c1onc(C(=O)O)c1-c1ccc(CN2CCOCC2)cc1. The molecule has 40 heavy (non-hydrogen) atoms. The average Bonchev–Trinajstić information content (AvgIpc) is 3.40. The summed E-state index contributed by atoms with van der Waals surface area (Å²) in [5.41, 5.74) is 3.89. The maximum atomic E-state index is 12.2. The van der Waals surface area contributed by atoms with E-state index in [-0.39, 0.29) is 11.6 Å². The van der Waals surface area contributed by atoms with E-state index in [0.29, 0.717) is 35.9 Å². The zero-order valence-corrected chi connectivity index (χ0v) is 24.2. The highest BCUT2D eigenvalue weighted by Gasteiger charge is 2.28. The molecule has 0 amide bonds. The Kier molecular flexibility index (Phi) is 10.6. The summed E-state index contributed by atoms with van der Waals surface area (Å²) >= 11 is 0. The van der Waals surface area contributed by atoms with Crippen LogP contribution in [0.5, 0.6) is 11.5 Å². The second-order valence-corrected chi connectivity index (χ2v) is 10.6. The maximum absolute atomic E-state index is 12.2. The highest BCUT2D eigenvalue weighted by Crippen LogP contribution is 2.44. The van der Waals surface area contributed by atoms with E-state index >= 15 is 0 Å². The van der Waals surface area contributed by atoms with E-state index in [9.17, 15) is 9.90 Å². The molecule has 3 aromatic rings. The number of carboxylic acids is 1. The number of nitrogens with zero attached hydrogens (tertiary/aromatic N) is 2. The van der Waals surface area contributed by atoms with Crippen molar-refractivity contribution in [3.05, 3.63) is 53.2 Å². The number of ether oxygens (including phenoxy) is 3. The quantitative estimate of drug-likeness (QED) is 0.214. The van der Waals surface area contributed by atoms with Crippen LogP contribution in [0.25, 0.3) is 22.5 Å². The van der Waals surface area contributed by atoms with Gasteiger partial charge in [0.1, 0.15) is 11.5 Å². The lowest BCUT2D eigenvalue weighted by atomic mass is 9.94. The molecule has 216 valence electrons. The largest absolute Gasteiger partial charge is 0.493 e. The number of carbonyl (C=O) groups is 1. The zero-order valence-electron chi connectivity index (χ0n) is 24.2. The number of benzene rings is 2. The summed E-state index contributed by atoms with van der Waals surface area (Å²) in [6, 6.07) is 11.9. The monoisotopic (exact) mass is 550 g/mol. The predicted octanol–water partition coefficient (Wildman–Crippen LogP) is 7.02. The van der Waals surface area contributed by atoms with Crippen LogP contribution in [0.1, 0.15) is 80.9 Å². The molecule has 0 radical (unpaired) electrons. The van der Waals surface area contributed by atoms with Crippen molar-refractivity contribution in [2.75, 3.05) is 39.5 Å². The van der Waals surface area contributed by atoms with Gasteiger partial charge in [0, 0.05) is 25.7 Å². The summed E-state index contributed by atoms with van der Waals surface area (Å²) in [7, 11) is 0. The van der Waals surface area contributed by atoms with Gasteiger partial charge in [-0.1, -0.05) is 70.0 Å². The Hall–Kier alpha value is -3.36. The number of aromatic carboxylic acids is 1. The molecule has 1 fully saturated rings. The minimum absolute atomic E-state index is 0.121. The van der Waals surface area contributed by atoms with Gasteiger partial charge in [0.05, 0.1) is 37.6 Å². The van der Waals surface area contributed by atoms with E-state index in [4.69, 9.17) is 18.7 Å². The van der Waals surface area contributed by atoms with Gasteiger partial charge < -0.3 is 23.8 Å². The summed E-state index contributed by atoms with van der Waals surface area (Å²) in [6.45, 7) is 13.7. The Morgan fingerprint density at radius 2 is 1.65 bits per heavy atom. The second-order valence-electron chi connectivity index (χ2n) is 10.6. The van der Waals surface area contributed by atoms with Crippen LogP contribution >= 0.6 is 0 Å². The third-order valence-corrected chi connectivity index (χ3v) is 7.14. The Labute approximate surface area is 237 Å². The highest BCUT2D eigenvalue weighted by atomic mass is 16.5. The van der Waals surface area contributed by atoms with Crippen LogP contribution in [-0.4, -0.2) is 60.6 Å². The minimum Gasteiger partial charge on any atom is -0.493 e. The van der Waals surface area contributed by atoms with E-state index in [2.05, 4.69) is 37.8 Å². The lowest BCUT2D eigenvalue weighted by Gasteiger charge is -2.26. The van der Waals surface area contributed by atoms with E-state index in [1.54, 1.807) is 0 Å². The van der Waals surface area contributed by atoms with Crippen molar-refractivity contribution < 1.29 is 28.6 Å². The first-order valence-corrected chi connectivity index (χ1v) is 14.5. The number of unbranched alkanes of at least 4 members (excludes halogenated alkanes) is 2. The fraction of sp³-hybridized carbons (Fsp3) is 0.500. The predicted molar refractivity (Wildman–Crippen MR) is 155 cm³/mol. The molecule has 2 heterocycles. The third-order valence-electron chi connectivity index (χ3n) is 7.14. The third kappa shape index (κ3) is 7.23. The molecule has 0 aliphatic carbocycles. The lowest BCUT2D eigenvalue weighted by molar-refractivity contribution is 0.0342. The molecular formula is C32H42N2O6. The standard InChI is InChI=1S/C32H42N2O6/c1-5-7-15-38-27-20-28(39-16-8-6-2)26(19-25(27)22(3)4)31-29(30(32(35)36)33-40-31)24-11-9-23(10-12-24)21-34-13-17-37-18-14-34/h9-12,19-20,22H,5-8,13-18,21H2,1-4H3,(H,35,36). The molecule has 1 aliphatic rings. The molecule has 1 aromatic heterocycles. The maximum Gasteiger partial charge on any atom is 0.358 e. The van der Waals surface area contributed by atoms with E-state index < -0.39 is 5.97 Å². The smallest absolute Gasteiger partial charge is 0.358 e. The molecule has 1 saturated heterocycles. The van der Waals surface area contributed by atoms with Crippen LogP contribution in [0, 0.1) is 0 Å². The first-order chi connectivity index (χ1) is 19.4. The molecule has 0 spiro atoms. The van der Waals surface area contributed by atoms with Crippen molar-refractivity contribution in [1.82, 2.24) is 10.1 Å². The Bertz CT molecular complexity index is 1250. The lowest BCUT2D eigenvalue weighted by Crippen LogP contribution is -2.35. The second kappa shape index (κ2) is 14.3. The van der Waals surface area contributed by atoms with Crippen LogP contribution < -0.4 is 9.47 Å². The fourth-order valence-electron chi connectivity index (χ4n) is 4.79. The zero-order chi connectivity index (χ0) is 28.5. The average molecular weight is 551 g/mol. The highest BCUT2D eigenvalue weighted by molar-refractivity contribution is 5.99. The fourth-order valence-corrected chi connectivity index (χ4v) is 4.79. The number of aromatic nitrogens is 1. The summed E-state index contributed by atoms with van der Waals surface area (Å²) in [5, 5.41) is 14.0. The van der Waals surface area contributed by atoms with Gasteiger partial charge in [-0.2, -0.15) is 0 Å². The molecular weight excluding hydrogens is 508 g/mol. The number of hydrogen-bond acceptors (Lipinski definition) is 7. The normalized spacial score (nSPS) is 14.0. The van der Waals surface area contributed by atoms with Gasteiger partial charge in [0.25, 0.3) is 0 Å². The summed E-state index contributed by atoms with van der Waals surface area (Å²) in [6.07, 6.45) is 3.89. The molecule has 8 heteroatoms. The molecule has 4 rings (SSSR count). The van der Waals surface area contributed by atoms with Gasteiger partial charge in [-0.15, -0.1) is 0 Å². The number of carboxylic acid groups (broad SMARTS) is 1. The molecule has 0 unspecified atom stereocenters. The van der Waals surface area contributed by atoms with Gasteiger partial charge in [-0.25, -0.2) is 4.79 Å². The Morgan fingerprint density at radius 3 is 2.25 bits per heavy atom. The van der Waals surface area contributed by atoms with Gasteiger partial charge in [-0.05, 0) is 41.5 Å². The summed E-state index contributed by atoms with van der Waals surface area (Å²) in [5.74, 6) is 0.796. The van der Waals surface area contributed by atoms with E-state index in [0.717, 1.165) is 81.0 Å².